The van der Waals surface area contributed by atoms with Crippen LogP contribution in [0.5, 0.6) is 0 Å². The lowest BCUT2D eigenvalue weighted by Gasteiger charge is -2.43. The van der Waals surface area contributed by atoms with Gasteiger partial charge in [0.2, 0.25) is 0 Å². The molecule has 0 radical (unpaired) electrons. The molecule has 1 nitrogen and oxygen atoms in total. The number of hydrogen-bond donors (Lipinski definition) is 1. The molecule has 29 heavy (non-hydrogen) atoms. The Morgan fingerprint density at radius 1 is 0.517 bits per heavy atom. The van der Waals surface area contributed by atoms with E-state index in [2.05, 4.69) is 5.73 Å². The van der Waals surface area contributed by atoms with Gasteiger partial charge in [-0.15, -0.1) is 0 Å². The molecule has 0 rings (SSSR count). The second kappa shape index (κ2) is 6.90. The third-order valence-corrected chi connectivity index (χ3v) is 3.56. The Kier molecular flexibility index (Phi) is 6.60. The molecule has 1 atom stereocenters. The first-order valence-corrected chi connectivity index (χ1v) is 6.68. The molecule has 0 aliphatic rings. The van der Waals surface area contributed by atoms with Crippen LogP contribution in [0.3, 0.4) is 0 Å². The van der Waals surface area contributed by atoms with Crippen LogP contribution in [0.1, 0.15) is 13.3 Å². The van der Waals surface area contributed by atoms with Gasteiger partial charge in [0.05, 0.1) is 0 Å². The summed E-state index contributed by atoms with van der Waals surface area (Å²) in [5, 5.41) is 0. The Morgan fingerprint density at radius 3 is 1.00 bits per heavy atom. The van der Waals surface area contributed by atoms with E-state index in [0.29, 0.717) is 0 Å². The highest BCUT2D eigenvalue weighted by atomic mass is 19.4. The van der Waals surface area contributed by atoms with Crippen molar-refractivity contribution in [2.24, 2.45) is 5.73 Å². The molecule has 0 saturated carbocycles. The summed E-state index contributed by atoms with van der Waals surface area (Å²) < 4.78 is 221. The quantitative estimate of drug-likeness (QED) is 0.333. The van der Waals surface area contributed by atoms with E-state index < -0.39 is 60.1 Å². The summed E-state index contributed by atoms with van der Waals surface area (Å²) in [5.41, 5.74) is 3.11. The second-order valence-electron chi connectivity index (χ2n) is 5.57. The van der Waals surface area contributed by atoms with E-state index >= 15 is 0 Å². The fraction of sp³-hybridized carbons (Fsp3) is 1.00. The Morgan fingerprint density at radius 2 is 0.759 bits per heavy atom. The minimum absolute atomic E-state index is 0.261. The summed E-state index contributed by atoms with van der Waals surface area (Å²) in [6, 6.07) is -6.80. The SMILES string of the molecule is CCC(F)C(F)(F)C(F)(F)C(F)(F)C(F)(F)C(F)(F)C(F)(F)C(F)(F)C(N)(F)F. The van der Waals surface area contributed by atoms with Crippen molar-refractivity contribution in [1.29, 1.82) is 0 Å². The van der Waals surface area contributed by atoms with Gasteiger partial charge in [0.1, 0.15) is 0 Å². The van der Waals surface area contributed by atoms with E-state index in [9.17, 15) is 74.6 Å². The van der Waals surface area contributed by atoms with E-state index in [1.54, 1.807) is 0 Å². The van der Waals surface area contributed by atoms with Crippen molar-refractivity contribution in [1.82, 2.24) is 0 Å². The summed E-state index contributed by atoms with van der Waals surface area (Å²) in [7, 11) is 0. The molecular weight excluding hydrogens is 469 g/mol. The minimum Gasteiger partial charge on any atom is -0.267 e. The van der Waals surface area contributed by atoms with Gasteiger partial charge < -0.3 is 0 Å². The Hall–Kier alpha value is -1.23. The highest BCUT2D eigenvalue weighted by Gasteiger charge is 2.95. The molecule has 2 N–H and O–H groups in total. The molecule has 0 aliphatic heterocycles. The van der Waals surface area contributed by atoms with Crippen LogP contribution in [0, 0.1) is 0 Å². The van der Waals surface area contributed by atoms with Crippen LogP contribution in [0.15, 0.2) is 0 Å². The average Bonchev–Trinajstić information content (AvgIpc) is 2.51. The van der Waals surface area contributed by atoms with Gasteiger partial charge in [-0.25, -0.2) is 4.39 Å². The molecule has 0 bridgehead atoms. The molecule has 0 aliphatic carbocycles. The molecule has 0 aromatic heterocycles. The molecule has 1 unspecified atom stereocenters. The highest BCUT2D eigenvalue weighted by Crippen LogP contribution is 2.63. The third kappa shape index (κ3) is 3.37. The van der Waals surface area contributed by atoms with Crippen molar-refractivity contribution in [3.05, 3.63) is 0 Å². The fourth-order valence-corrected chi connectivity index (χ4v) is 1.66. The second-order valence-corrected chi connectivity index (χ2v) is 5.57. The molecule has 18 heteroatoms. The minimum atomic E-state index is -8.56. The monoisotopic (exact) mass is 477 g/mol. The summed E-state index contributed by atoms with van der Waals surface area (Å²) in [4.78, 5) is 0. The molecule has 0 heterocycles. The van der Waals surface area contributed by atoms with E-state index in [1.165, 1.54) is 0 Å². The number of halogens is 17. The molecule has 176 valence electrons. The summed E-state index contributed by atoms with van der Waals surface area (Å²) in [6.07, 6.45) is -6.24. The number of hydrogen-bond acceptors (Lipinski definition) is 1. The predicted octanol–water partition coefficient (Wildman–Crippen LogP) is 5.73. The lowest BCUT2D eigenvalue weighted by molar-refractivity contribution is -0.455. The van der Waals surface area contributed by atoms with Crippen molar-refractivity contribution in [3.63, 3.8) is 0 Å². The first-order valence-electron chi connectivity index (χ1n) is 6.68. The zero-order chi connectivity index (χ0) is 24.3. The topological polar surface area (TPSA) is 26.0 Å². The van der Waals surface area contributed by atoms with Gasteiger partial charge in [0.25, 0.3) is 0 Å². The van der Waals surface area contributed by atoms with Crippen LogP contribution in [0.4, 0.5) is 74.6 Å². The van der Waals surface area contributed by atoms with Crippen LogP contribution in [-0.2, 0) is 0 Å². The molecule has 0 amide bonds. The van der Waals surface area contributed by atoms with Gasteiger partial charge in [-0.05, 0) is 6.42 Å². The molecule has 0 saturated heterocycles. The highest BCUT2D eigenvalue weighted by molar-refractivity contribution is 5.16. The van der Waals surface area contributed by atoms with Crippen molar-refractivity contribution >= 4 is 0 Å². The fourth-order valence-electron chi connectivity index (χ4n) is 1.66. The van der Waals surface area contributed by atoms with E-state index in [-0.39, 0.29) is 6.92 Å². The Bertz CT molecular complexity index is 589. The predicted molar refractivity (Wildman–Crippen MR) is 59.0 cm³/mol. The molecule has 0 fully saturated rings. The summed E-state index contributed by atoms with van der Waals surface area (Å²) >= 11 is 0. The van der Waals surface area contributed by atoms with Gasteiger partial charge in [0.15, 0.2) is 6.17 Å². The number of rotatable bonds is 9. The van der Waals surface area contributed by atoms with Crippen molar-refractivity contribution in [2.75, 3.05) is 0 Å². The normalized spacial score (nSPS) is 17.5. The van der Waals surface area contributed by atoms with E-state index in [4.69, 9.17) is 0 Å². The standard InChI is InChI=1S/C11H8F17N/c1-2-3(12)4(13,14)5(15,16)6(17,18)7(19,20)8(21,22)9(23,24)10(25,26)11(27,28)29/h3H,2,29H2,1H3. The Labute approximate surface area is 149 Å². The number of alkyl halides is 17. The molecule has 0 aromatic carbocycles. The zero-order valence-corrected chi connectivity index (χ0v) is 13.3. The summed E-state index contributed by atoms with van der Waals surface area (Å²) in [5.74, 6) is -56.3. The van der Waals surface area contributed by atoms with Crippen LogP contribution in [-0.4, -0.2) is 53.7 Å². The van der Waals surface area contributed by atoms with Crippen LogP contribution < -0.4 is 5.73 Å². The van der Waals surface area contributed by atoms with Gasteiger partial charge in [-0.3, -0.25) is 5.73 Å². The molecule has 0 spiro atoms. The molecular formula is C11H8F17N. The van der Waals surface area contributed by atoms with E-state index in [0.717, 1.165) is 0 Å². The van der Waals surface area contributed by atoms with Gasteiger partial charge in [-0.1, -0.05) is 6.92 Å². The third-order valence-electron chi connectivity index (χ3n) is 3.56. The van der Waals surface area contributed by atoms with Gasteiger partial charge >= 0.3 is 47.5 Å². The zero-order valence-electron chi connectivity index (χ0n) is 13.3. The first kappa shape index (κ1) is 27.8. The lowest BCUT2D eigenvalue weighted by atomic mass is 9.87. The van der Waals surface area contributed by atoms with Crippen LogP contribution >= 0.6 is 0 Å². The summed E-state index contributed by atoms with van der Waals surface area (Å²) in [6.45, 7) is 0.261. The maximum absolute atomic E-state index is 13.3. The van der Waals surface area contributed by atoms with Crippen molar-refractivity contribution in [2.45, 2.75) is 67.0 Å². The van der Waals surface area contributed by atoms with Gasteiger partial charge in [0, 0.05) is 0 Å². The van der Waals surface area contributed by atoms with Crippen molar-refractivity contribution < 1.29 is 74.6 Å². The maximum Gasteiger partial charge on any atom is 0.392 e. The van der Waals surface area contributed by atoms with Crippen LogP contribution in [0.25, 0.3) is 0 Å². The maximum atomic E-state index is 13.3. The largest absolute Gasteiger partial charge is 0.392 e. The van der Waals surface area contributed by atoms with Gasteiger partial charge in [-0.2, -0.15) is 70.2 Å². The molecule has 0 aromatic rings. The van der Waals surface area contributed by atoms with Crippen LogP contribution in [0.2, 0.25) is 0 Å². The Balaban J connectivity index is 6.73. The van der Waals surface area contributed by atoms with E-state index in [1.807, 2.05) is 0 Å². The lowest BCUT2D eigenvalue weighted by Crippen LogP contribution is -2.76. The smallest absolute Gasteiger partial charge is 0.267 e. The number of nitrogens with two attached hydrogens (primary N) is 1. The van der Waals surface area contributed by atoms with Crippen molar-refractivity contribution in [3.8, 4) is 0 Å². The first-order chi connectivity index (χ1) is 12.2. The average molecular weight is 477 g/mol.